The molecule has 0 aromatic heterocycles. The quantitative estimate of drug-likeness (QED) is 0.0348. The molecule has 0 radical (unpaired) electrons. The van der Waals surface area contributed by atoms with Crippen molar-refractivity contribution in [3.8, 4) is 0 Å². The van der Waals surface area contributed by atoms with Crippen LogP contribution in [0.1, 0.15) is 201 Å². The Hall–Kier alpha value is -3.44. The largest absolute Gasteiger partial charge is 0.461 e. The number of hydrogen-bond donors (Lipinski definition) is 0. The minimum absolute atomic E-state index is 0.0187. The molecule has 0 aliphatic carbocycles. The summed E-state index contributed by atoms with van der Waals surface area (Å²) in [7, 11) is 0. The van der Waals surface area contributed by atoms with Gasteiger partial charge in [0.1, 0.15) is 6.61 Å². The van der Waals surface area contributed by atoms with Gasteiger partial charge in [0.2, 0.25) is 0 Å². The SMILES string of the molecule is CC/C=C\C/C=C\C/C=C\C/C=C\C/C=C\CC(=O)OCC(COCCCCCCC/C=C\C/C=C\C/C=C\C/C=C\CC)OC(=O)CCCCCCCCCCCCC. The first-order valence-electron chi connectivity index (χ1n) is 24.4. The first kappa shape index (κ1) is 56.6. The fourth-order valence-corrected chi connectivity index (χ4v) is 6.28. The van der Waals surface area contributed by atoms with Gasteiger partial charge in [-0.25, -0.2) is 0 Å². The topological polar surface area (TPSA) is 61.8 Å². The van der Waals surface area contributed by atoms with E-state index < -0.39 is 6.10 Å². The van der Waals surface area contributed by atoms with Crippen molar-refractivity contribution in [3.05, 3.63) is 109 Å². The van der Waals surface area contributed by atoms with Gasteiger partial charge >= 0.3 is 11.9 Å². The molecule has 0 aliphatic heterocycles. The van der Waals surface area contributed by atoms with Crippen LogP contribution in [0.3, 0.4) is 0 Å². The molecule has 0 N–H and O–H groups in total. The summed E-state index contributed by atoms with van der Waals surface area (Å²) in [5.74, 6) is -0.560. The van der Waals surface area contributed by atoms with Crippen molar-refractivity contribution < 1.29 is 23.8 Å². The summed E-state index contributed by atoms with van der Waals surface area (Å²) in [6.07, 6.45) is 68.3. The molecule has 0 aliphatic rings. The maximum atomic E-state index is 12.7. The molecule has 0 rings (SSSR count). The normalized spacial score (nSPS) is 13.2. The number of allylic oxidation sites excluding steroid dienone is 17. The van der Waals surface area contributed by atoms with E-state index in [2.05, 4.69) is 118 Å². The number of unbranched alkanes of at least 4 members (excludes halogenated alkanes) is 15. The molecule has 0 saturated heterocycles. The van der Waals surface area contributed by atoms with E-state index >= 15 is 0 Å². The average molecular weight is 831 g/mol. The van der Waals surface area contributed by atoms with Crippen LogP contribution in [0.5, 0.6) is 0 Å². The summed E-state index contributed by atoms with van der Waals surface area (Å²) in [4.78, 5) is 25.2. The van der Waals surface area contributed by atoms with Gasteiger partial charge in [0.25, 0.3) is 0 Å². The van der Waals surface area contributed by atoms with E-state index in [0.717, 1.165) is 96.3 Å². The molecule has 5 heteroatoms. The predicted octanol–water partition coefficient (Wildman–Crippen LogP) is 16.4. The zero-order valence-corrected chi connectivity index (χ0v) is 38.9. The molecule has 1 unspecified atom stereocenters. The number of esters is 2. The van der Waals surface area contributed by atoms with Gasteiger partial charge in [-0.3, -0.25) is 9.59 Å². The van der Waals surface area contributed by atoms with Gasteiger partial charge in [-0.15, -0.1) is 0 Å². The molecule has 1 atom stereocenters. The van der Waals surface area contributed by atoms with Crippen LogP contribution in [0.15, 0.2) is 109 Å². The van der Waals surface area contributed by atoms with Crippen LogP contribution in [-0.2, 0) is 23.8 Å². The van der Waals surface area contributed by atoms with Gasteiger partial charge in [0, 0.05) is 13.0 Å². The number of ether oxygens (including phenoxy) is 3. The highest BCUT2D eigenvalue weighted by Crippen LogP contribution is 2.13. The van der Waals surface area contributed by atoms with Gasteiger partial charge in [-0.1, -0.05) is 214 Å². The van der Waals surface area contributed by atoms with Gasteiger partial charge in [-0.05, 0) is 83.5 Å². The van der Waals surface area contributed by atoms with Crippen molar-refractivity contribution in [2.45, 2.75) is 207 Å². The maximum absolute atomic E-state index is 12.7. The third-order valence-corrected chi connectivity index (χ3v) is 9.84. The van der Waals surface area contributed by atoms with Crippen molar-refractivity contribution in [3.63, 3.8) is 0 Å². The summed E-state index contributed by atoms with van der Waals surface area (Å²) in [5.41, 5.74) is 0. The maximum Gasteiger partial charge on any atom is 0.309 e. The highest BCUT2D eigenvalue weighted by atomic mass is 16.6. The summed E-state index contributed by atoms with van der Waals surface area (Å²) < 4.78 is 17.2. The predicted molar refractivity (Wildman–Crippen MR) is 260 cm³/mol. The van der Waals surface area contributed by atoms with Gasteiger partial charge < -0.3 is 14.2 Å². The standard InChI is InChI=1S/C55H90O5/c1-4-7-10-13-16-19-22-24-26-27-28-30-32-35-38-41-44-47-50-58-51-53(60-55(57)49-46-43-40-37-33-21-18-15-12-9-6-3)52-59-54(56)48-45-42-39-36-34-31-29-25-23-20-17-14-11-8-5-2/h7-8,10-11,16-17,19-20,24-26,28-30,34,36,42,45,53H,4-6,9,12-15,18,21-23,27,31-33,35,37-41,43-44,46-52H2,1-3H3/b10-7-,11-8-,19-16-,20-17-,26-24-,29-25-,30-28-,36-34-,45-42-. The third kappa shape index (κ3) is 47.2. The molecule has 5 nitrogen and oxygen atoms in total. The van der Waals surface area contributed by atoms with Crippen LogP contribution in [0.2, 0.25) is 0 Å². The molecule has 0 saturated carbocycles. The summed E-state index contributed by atoms with van der Waals surface area (Å²) in [6.45, 7) is 7.43. The number of rotatable bonds is 43. The Morgan fingerprint density at radius 2 is 0.800 bits per heavy atom. The Labute approximate surface area is 370 Å². The second-order valence-electron chi connectivity index (χ2n) is 15.6. The molecule has 0 amide bonds. The monoisotopic (exact) mass is 831 g/mol. The number of carbonyl (C=O) groups is 2. The lowest BCUT2D eigenvalue weighted by Gasteiger charge is -2.18. The Bertz CT molecular complexity index is 1210. The summed E-state index contributed by atoms with van der Waals surface area (Å²) in [5, 5.41) is 0. The minimum Gasteiger partial charge on any atom is -0.461 e. The first-order chi connectivity index (χ1) is 29.6. The van der Waals surface area contributed by atoms with E-state index in [1.165, 1.54) is 70.6 Å². The molecule has 0 spiro atoms. The van der Waals surface area contributed by atoms with Crippen molar-refractivity contribution in [2.75, 3.05) is 19.8 Å². The molecule has 0 aromatic carbocycles. The van der Waals surface area contributed by atoms with E-state index in [1.807, 2.05) is 12.2 Å². The molecule has 0 heterocycles. The zero-order chi connectivity index (χ0) is 43.5. The van der Waals surface area contributed by atoms with Crippen molar-refractivity contribution in [1.82, 2.24) is 0 Å². The van der Waals surface area contributed by atoms with Crippen molar-refractivity contribution in [1.29, 1.82) is 0 Å². The molecular formula is C55H90O5. The zero-order valence-electron chi connectivity index (χ0n) is 38.9. The van der Waals surface area contributed by atoms with Crippen LogP contribution < -0.4 is 0 Å². The Kier molecular flexibility index (Phi) is 47.1. The molecule has 340 valence electrons. The van der Waals surface area contributed by atoms with E-state index in [-0.39, 0.29) is 31.6 Å². The Morgan fingerprint density at radius 1 is 0.400 bits per heavy atom. The van der Waals surface area contributed by atoms with Crippen LogP contribution in [0.4, 0.5) is 0 Å². The molecule has 0 bridgehead atoms. The summed E-state index contributed by atoms with van der Waals surface area (Å²) in [6, 6.07) is 0. The van der Waals surface area contributed by atoms with E-state index in [4.69, 9.17) is 14.2 Å². The molecule has 0 fully saturated rings. The van der Waals surface area contributed by atoms with Gasteiger partial charge in [0.05, 0.1) is 13.0 Å². The second kappa shape index (κ2) is 49.9. The first-order valence-corrected chi connectivity index (χ1v) is 24.4. The van der Waals surface area contributed by atoms with E-state index in [0.29, 0.717) is 13.0 Å². The Morgan fingerprint density at radius 3 is 1.28 bits per heavy atom. The van der Waals surface area contributed by atoms with Crippen molar-refractivity contribution in [2.24, 2.45) is 0 Å². The minimum atomic E-state index is -0.589. The van der Waals surface area contributed by atoms with E-state index in [1.54, 1.807) is 0 Å². The fourth-order valence-electron chi connectivity index (χ4n) is 6.28. The molecular weight excluding hydrogens is 741 g/mol. The average Bonchev–Trinajstić information content (AvgIpc) is 3.25. The molecule has 0 aromatic rings. The number of hydrogen-bond acceptors (Lipinski definition) is 5. The number of carbonyl (C=O) groups excluding carboxylic acids is 2. The second-order valence-corrected chi connectivity index (χ2v) is 15.6. The van der Waals surface area contributed by atoms with Gasteiger partial charge in [0.15, 0.2) is 6.10 Å². The molecule has 60 heavy (non-hydrogen) atoms. The van der Waals surface area contributed by atoms with Crippen LogP contribution in [0, 0.1) is 0 Å². The van der Waals surface area contributed by atoms with Crippen LogP contribution in [-0.4, -0.2) is 37.9 Å². The van der Waals surface area contributed by atoms with Gasteiger partial charge in [-0.2, -0.15) is 0 Å². The summed E-state index contributed by atoms with van der Waals surface area (Å²) >= 11 is 0. The fraction of sp³-hybridized carbons (Fsp3) is 0.636. The van der Waals surface area contributed by atoms with E-state index in [9.17, 15) is 9.59 Å². The van der Waals surface area contributed by atoms with Crippen LogP contribution in [0.25, 0.3) is 0 Å². The van der Waals surface area contributed by atoms with Crippen LogP contribution >= 0.6 is 0 Å². The lowest BCUT2D eigenvalue weighted by Crippen LogP contribution is -2.30. The van der Waals surface area contributed by atoms with Crippen molar-refractivity contribution >= 4 is 11.9 Å². The highest BCUT2D eigenvalue weighted by molar-refractivity contribution is 5.71. The third-order valence-electron chi connectivity index (χ3n) is 9.84. The smallest absolute Gasteiger partial charge is 0.309 e. The lowest BCUT2D eigenvalue weighted by atomic mass is 10.1. The Balaban J connectivity index is 4.42. The highest BCUT2D eigenvalue weighted by Gasteiger charge is 2.17. The lowest BCUT2D eigenvalue weighted by molar-refractivity contribution is -0.162.